The van der Waals surface area contributed by atoms with Crippen molar-refractivity contribution in [2.24, 2.45) is 0 Å². The molecule has 0 bridgehead atoms. The van der Waals surface area contributed by atoms with E-state index in [1.807, 2.05) is 35.0 Å². The van der Waals surface area contributed by atoms with Crippen molar-refractivity contribution in [3.8, 4) is 0 Å². The van der Waals surface area contributed by atoms with E-state index in [-0.39, 0.29) is 0 Å². The van der Waals surface area contributed by atoms with Gasteiger partial charge in [0.05, 0.1) is 0 Å². The SMILES string of the molecule is O=C(O)C(F)(F)F.OC1(c2ccccc2)CCN(CCCCn2cncn2)C1. The number of carboxylic acid groups (broad SMARTS) is 1. The van der Waals surface area contributed by atoms with Crippen LogP contribution in [-0.4, -0.2) is 61.7 Å². The molecule has 0 spiro atoms. The first-order chi connectivity index (χ1) is 13.2. The van der Waals surface area contributed by atoms with E-state index >= 15 is 0 Å². The predicted molar refractivity (Wildman–Crippen MR) is 94.3 cm³/mol. The maximum Gasteiger partial charge on any atom is 0.490 e. The summed E-state index contributed by atoms with van der Waals surface area (Å²) in [5.74, 6) is -2.76. The van der Waals surface area contributed by atoms with Gasteiger partial charge in [0.2, 0.25) is 0 Å². The summed E-state index contributed by atoms with van der Waals surface area (Å²) in [4.78, 5) is 15.2. The van der Waals surface area contributed by atoms with Crippen molar-refractivity contribution in [3.05, 3.63) is 48.5 Å². The molecule has 2 aromatic rings. The summed E-state index contributed by atoms with van der Waals surface area (Å²) >= 11 is 0. The highest BCUT2D eigenvalue weighted by Gasteiger charge is 2.38. The van der Waals surface area contributed by atoms with Crippen LogP contribution in [0.25, 0.3) is 0 Å². The lowest BCUT2D eigenvalue weighted by Crippen LogP contribution is -2.31. The summed E-state index contributed by atoms with van der Waals surface area (Å²) in [6.45, 7) is 3.65. The minimum atomic E-state index is -5.08. The van der Waals surface area contributed by atoms with Crippen LogP contribution in [0.5, 0.6) is 0 Å². The van der Waals surface area contributed by atoms with Gasteiger partial charge in [0, 0.05) is 19.6 Å². The number of rotatable bonds is 6. The van der Waals surface area contributed by atoms with Gasteiger partial charge < -0.3 is 15.1 Å². The number of unbranched alkanes of at least 4 members (excludes halogenated alkanes) is 1. The van der Waals surface area contributed by atoms with Crippen LogP contribution in [0.2, 0.25) is 0 Å². The van der Waals surface area contributed by atoms with E-state index in [0.717, 1.165) is 51.0 Å². The van der Waals surface area contributed by atoms with Crippen LogP contribution < -0.4 is 0 Å². The standard InChI is InChI=1S/C16H22N4O.C2HF3O2/c21-16(15-6-2-1-3-7-15)8-11-19(12-16)9-4-5-10-20-14-17-13-18-20;3-2(4,5)1(6)7/h1-3,6-7,13-14,21H,4-5,8-12H2;(H,6,7). The molecule has 0 amide bonds. The monoisotopic (exact) mass is 400 g/mol. The Hall–Kier alpha value is -2.46. The number of carbonyl (C=O) groups is 1. The van der Waals surface area contributed by atoms with Crippen LogP contribution >= 0.6 is 0 Å². The molecule has 2 N–H and O–H groups in total. The highest BCUT2D eigenvalue weighted by Crippen LogP contribution is 2.31. The van der Waals surface area contributed by atoms with Crippen molar-refractivity contribution < 1.29 is 28.2 Å². The summed E-state index contributed by atoms with van der Waals surface area (Å²) in [5.41, 5.74) is 0.364. The zero-order valence-electron chi connectivity index (χ0n) is 15.2. The van der Waals surface area contributed by atoms with Crippen LogP contribution in [0.1, 0.15) is 24.8 Å². The molecule has 1 saturated heterocycles. The minimum absolute atomic E-state index is 0.673. The second-order valence-electron chi connectivity index (χ2n) is 6.59. The van der Waals surface area contributed by atoms with Gasteiger partial charge in [0.1, 0.15) is 18.3 Å². The van der Waals surface area contributed by atoms with Gasteiger partial charge in [-0.25, -0.2) is 9.78 Å². The van der Waals surface area contributed by atoms with Crippen molar-refractivity contribution in [2.75, 3.05) is 19.6 Å². The van der Waals surface area contributed by atoms with Gasteiger partial charge in [0.15, 0.2) is 0 Å². The van der Waals surface area contributed by atoms with Crippen molar-refractivity contribution in [3.63, 3.8) is 0 Å². The first kappa shape index (κ1) is 21.8. The number of hydrogen-bond donors (Lipinski definition) is 2. The number of aryl methyl sites for hydroxylation is 1. The molecule has 1 aliphatic heterocycles. The molecule has 0 saturated carbocycles. The van der Waals surface area contributed by atoms with Crippen LogP contribution in [0.15, 0.2) is 43.0 Å². The number of halogens is 3. The second-order valence-corrected chi connectivity index (χ2v) is 6.59. The third-order valence-electron chi connectivity index (χ3n) is 4.46. The van der Waals surface area contributed by atoms with Gasteiger partial charge in [-0.1, -0.05) is 30.3 Å². The smallest absolute Gasteiger partial charge is 0.475 e. The van der Waals surface area contributed by atoms with Crippen molar-refractivity contribution in [1.29, 1.82) is 0 Å². The number of benzene rings is 1. The molecule has 1 fully saturated rings. The summed E-state index contributed by atoms with van der Waals surface area (Å²) < 4.78 is 33.6. The van der Waals surface area contributed by atoms with E-state index in [1.165, 1.54) is 0 Å². The quantitative estimate of drug-likeness (QED) is 0.723. The maximum absolute atomic E-state index is 10.8. The molecule has 28 heavy (non-hydrogen) atoms. The summed E-state index contributed by atoms with van der Waals surface area (Å²) in [7, 11) is 0. The fourth-order valence-corrected chi connectivity index (χ4v) is 3.00. The first-order valence-corrected chi connectivity index (χ1v) is 8.83. The molecular weight excluding hydrogens is 377 g/mol. The number of aliphatic hydroxyl groups is 1. The Morgan fingerprint density at radius 2 is 1.82 bits per heavy atom. The van der Waals surface area contributed by atoms with Crippen LogP contribution in [0, 0.1) is 0 Å². The molecule has 1 unspecified atom stereocenters. The largest absolute Gasteiger partial charge is 0.490 e. The number of aliphatic carboxylic acids is 1. The Balaban J connectivity index is 0.000000345. The number of alkyl halides is 3. The molecule has 2 heterocycles. The van der Waals surface area contributed by atoms with Gasteiger partial charge >= 0.3 is 12.1 Å². The van der Waals surface area contributed by atoms with E-state index in [4.69, 9.17) is 9.90 Å². The molecule has 1 atom stereocenters. The molecule has 7 nitrogen and oxygen atoms in total. The van der Waals surface area contributed by atoms with Crippen molar-refractivity contribution >= 4 is 5.97 Å². The molecule has 1 aromatic carbocycles. The third kappa shape index (κ3) is 6.61. The lowest BCUT2D eigenvalue weighted by atomic mass is 9.93. The first-order valence-electron chi connectivity index (χ1n) is 8.83. The Morgan fingerprint density at radius 1 is 1.18 bits per heavy atom. The molecule has 154 valence electrons. The molecule has 3 rings (SSSR count). The molecule has 0 aliphatic carbocycles. The number of carboxylic acids is 1. The second kappa shape index (κ2) is 9.65. The lowest BCUT2D eigenvalue weighted by molar-refractivity contribution is -0.192. The number of β-amino-alcohol motifs (C(OH)–C–C–N with tert-alkyl or cyclic N) is 1. The van der Waals surface area contributed by atoms with Crippen LogP contribution in [0.3, 0.4) is 0 Å². The maximum atomic E-state index is 10.8. The number of hydrogen-bond acceptors (Lipinski definition) is 5. The Kier molecular flexibility index (Phi) is 7.53. The normalized spacial score (nSPS) is 19.9. The fourth-order valence-electron chi connectivity index (χ4n) is 3.00. The predicted octanol–water partition coefficient (Wildman–Crippen LogP) is 2.29. The topological polar surface area (TPSA) is 91.5 Å². The van der Waals surface area contributed by atoms with Crippen molar-refractivity contribution in [1.82, 2.24) is 19.7 Å². The van der Waals surface area contributed by atoms with E-state index < -0.39 is 17.7 Å². The Labute approximate surface area is 160 Å². The lowest BCUT2D eigenvalue weighted by Gasteiger charge is -2.24. The Morgan fingerprint density at radius 3 is 2.39 bits per heavy atom. The molecular formula is C18H23F3N4O3. The number of nitrogens with zero attached hydrogens (tertiary/aromatic N) is 4. The molecule has 0 radical (unpaired) electrons. The molecule has 1 aliphatic rings. The molecule has 10 heteroatoms. The fraction of sp³-hybridized carbons (Fsp3) is 0.500. The van der Waals surface area contributed by atoms with Gasteiger partial charge in [-0.05, 0) is 31.4 Å². The van der Waals surface area contributed by atoms with Gasteiger partial charge in [-0.3, -0.25) is 4.68 Å². The highest BCUT2D eigenvalue weighted by atomic mass is 19.4. The summed E-state index contributed by atoms with van der Waals surface area (Å²) in [6, 6.07) is 10.0. The van der Waals surface area contributed by atoms with Crippen LogP contribution in [0.4, 0.5) is 13.2 Å². The van der Waals surface area contributed by atoms with Gasteiger partial charge in [-0.2, -0.15) is 18.3 Å². The minimum Gasteiger partial charge on any atom is -0.475 e. The zero-order valence-corrected chi connectivity index (χ0v) is 15.2. The number of likely N-dealkylation sites (tertiary alicyclic amines) is 1. The summed E-state index contributed by atoms with van der Waals surface area (Å²) in [5, 5.41) is 22.0. The van der Waals surface area contributed by atoms with E-state index in [0.29, 0.717) is 0 Å². The van der Waals surface area contributed by atoms with E-state index in [1.54, 1.807) is 12.7 Å². The zero-order chi connectivity index (χ0) is 20.6. The van der Waals surface area contributed by atoms with Crippen LogP contribution in [-0.2, 0) is 16.9 Å². The van der Waals surface area contributed by atoms with Gasteiger partial charge in [0.25, 0.3) is 0 Å². The van der Waals surface area contributed by atoms with Gasteiger partial charge in [-0.15, -0.1) is 0 Å². The Bertz CT molecular complexity index is 725. The summed E-state index contributed by atoms with van der Waals surface area (Å²) in [6.07, 6.45) is 1.26. The van der Waals surface area contributed by atoms with E-state index in [2.05, 4.69) is 15.0 Å². The molecule has 1 aromatic heterocycles. The highest BCUT2D eigenvalue weighted by molar-refractivity contribution is 5.73. The third-order valence-corrected chi connectivity index (χ3v) is 4.46. The average Bonchev–Trinajstić information content (AvgIpc) is 3.30. The average molecular weight is 400 g/mol. The van der Waals surface area contributed by atoms with Crippen molar-refractivity contribution in [2.45, 2.75) is 37.6 Å². The van der Waals surface area contributed by atoms with E-state index in [9.17, 15) is 18.3 Å². The number of aromatic nitrogens is 3.